The van der Waals surface area contributed by atoms with Crippen LogP contribution in [0.5, 0.6) is 5.75 Å². The molecule has 3 heteroatoms. The van der Waals surface area contributed by atoms with Gasteiger partial charge in [0.15, 0.2) is 0 Å². The van der Waals surface area contributed by atoms with Crippen molar-refractivity contribution in [2.45, 2.75) is 51.8 Å². The number of nitrogens with one attached hydrogen (secondary N) is 1. The number of ether oxygens (including phenoxy) is 2. The first kappa shape index (κ1) is 15.3. The van der Waals surface area contributed by atoms with Gasteiger partial charge in [-0.3, -0.25) is 0 Å². The van der Waals surface area contributed by atoms with Crippen LogP contribution in [0.4, 0.5) is 0 Å². The lowest BCUT2D eigenvalue weighted by Crippen LogP contribution is -2.37. The zero-order valence-electron chi connectivity index (χ0n) is 13.1. The van der Waals surface area contributed by atoms with Crippen LogP contribution in [0.2, 0.25) is 0 Å². The Morgan fingerprint density at radius 1 is 1.20 bits per heavy atom. The maximum absolute atomic E-state index is 5.91. The van der Waals surface area contributed by atoms with Crippen LogP contribution in [0.3, 0.4) is 0 Å². The molecule has 1 aromatic rings. The van der Waals surface area contributed by atoms with Gasteiger partial charge in [-0.15, -0.1) is 0 Å². The maximum atomic E-state index is 5.91. The summed E-state index contributed by atoms with van der Waals surface area (Å²) < 4.78 is 11.3. The second-order valence-corrected chi connectivity index (χ2v) is 5.99. The molecular formula is C17H27NO2. The minimum atomic E-state index is 0.196. The summed E-state index contributed by atoms with van der Waals surface area (Å²) in [6, 6.07) is 9.01. The topological polar surface area (TPSA) is 30.5 Å². The van der Waals surface area contributed by atoms with Gasteiger partial charge >= 0.3 is 0 Å². The van der Waals surface area contributed by atoms with E-state index in [-0.39, 0.29) is 12.1 Å². The first-order valence-electron chi connectivity index (χ1n) is 7.62. The monoisotopic (exact) mass is 277 g/mol. The molecule has 0 radical (unpaired) electrons. The number of benzene rings is 1. The highest BCUT2D eigenvalue weighted by molar-refractivity contribution is 5.35. The van der Waals surface area contributed by atoms with Crippen LogP contribution in [0, 0.1) is 5.92 Å². The Labute approximate surface area is 122 Å². The van der Waals surface area contributed by atoms with E-state index in [0.717, 1.165) is 18.3 Å². The summed E-state index contributed by atoms with van der Waals surface area (Å²) >= 11 is 0. The third-order valence-electron chi connectivity index (χ3n) is 3.75. The van der Waals surface area contributed by atoms with Crippen molar-refractivity contribution in [1.82, 2.24) is 5.32 Å². The zero-order valence-corrected chi connectivity index (χ0v) is 13.1. The fraction of sp³-hybridized carbons (Fsp3) is 0.647. The molecule has 0 amide bonds. The van der Waals surface area contributed by atoms with Crippen molar-refractivity contribution in [2.24, 2.45) is 5.92 Å². The van der Waals surface area contributed by atoms with E-state index in [9.17, 15) is 0 Å². The molecule has 1 aliphatic rings. The molecular weight excluding hydrogens is 250 g/mol. The van der Waals surface area contributed by atoms with Gasteiger partial charge in [0, 0.05) is 24.8 Å². The Bertz CT molecular complexity index is 415. The Morgan fingerprint density at radius 2 is 1.90 bits per heavy atom. The second kappa shape index (κ2) is 7.09. The molecule has 1 saturated carbocycles. The summed E-state index contributed by atoms with van der Waals surface area (Å²) in [6.07, 6.45) is 2.83. The van der Waals surface area contributed by atoms with Crippen LogP contribution in [0.25, 0.3) is 0 Å². The molecule has 2 rings (SSSR count). The van der Waals surface area contributed by atoms with Crippen LogP contribution < -0.4 is 10.1 Å². The lowest BCUT2D eigenvalue weighted by Gasteiger charge is -2.25. The lowest BCUT2D eigenvalue weighted by molar-refractivity contribution is 0.151. The molecule has 1 aliphatic carbocycles. The Morgan fingerprint density at radius 3 is 2.50 bits per heavy atom. The molecule has 1 fully saturated rings. The fourth-order valence-corrected chi connectivity index (χ4v) is 2.61. The van der Waals surface area contributed by atoms with E-state index in [2.05, 4.69) is 44.3 Å². The van der Waals surface area contributed by atoms with E-state index in [0.29, 0.717) is 6.04 Å². The third kappa shape index (κ3) is 4.22. The van der Waals surface area contributed by atoms with Crippen molar-refractivity contribution >= 4 is 0 Å². The van der Waals surface area contributed by atoms with Gasteiger partial charge in [-0.1, -0.05) is 18.2 Å². The number of rotatable bonds is 8. The molecule has 2 atom stereocenters. The van der Waals surface area contributed by atoms with Gasteiger partial charge in [0.2, 0.25) is 0 Å². The van der Waals surface area contributed by atoms with Gasteiger partial charge in [-0.25, -0.2) is 0 Å². The number of hydrogen-bond acceptors (Lipinski definition) is 3. The highest BCUT2D eigenvalue weighted by Crippen LogP contribution is 2.35. The molecule has 112 valence electrons. The van der Waals surface area contributed by atoms with Gasteiger partial charge in [-0.05, 0) is 45.6 Å². The average molecular weight is 277 g/mol. The molecule has 0 bridgehead atoms. The van der Waals surface area contributed by atoms with E-state index < -0.39 is 0 Å². The Kier molecular flexibility index (Phi) is 5.44. The van der Waals surface area contributed by atoms with Crippen molar-refractivity contribution in [3.05, 3.63) is 29.8 Å². The molecule has 3 nitrogen and oxygen atoms in total. The fourth-order valence-electron chi connectivity index (χ4n) is 2.61. The van der Waals surface area contributed by atoms with E-state index >= 15 is 0 Å². The molecule has 2 unspecified atom stereocenters. The van der Waals surface area contributed by atoms with E-state index in [1.165, 1.54) is 18.4 Å². The van der Waals surface area contributed by atoms with E-state index in [4.69, 9.17) is 9.47 Å². The zero-order chi connectivity index (χ0) is 14.5. The SMILES string of the molecule is COCC(NC(C)c1ccccc1OC(C)C)C1CC1. The highest BCUT2D eigenvalue weighted by atomic mass is 16.5. The highest BCUT2D eigenvalue weighted by Gasteiger charge is 2.32. The van der Waals surface area contributed by atoms with E-state index in [1.54, 1.807) is 7.11 Å². The lowest BCUT2D eigenvalue weighted by atomic mass is 10.0. The minimum absolute atomic E-state index is 0.196. The van der Waals surface area contributed by atoms with Crippen LogP contribution in [0.1, 0.15) is 45.2 Å². The quantitative estimate of drug-likeness (QED) is 0.788. The Balaban J connectivity index is 2.05. The summed E-state index contributed by atoms with van der Waals surface area (Å²) in [4.78, 5) is 0. The van der Waals surface area contributed by atoms with Crippen LogP contribution in [-0.2, 0) is 4.74 Å². The molecule has 20 heavy (non-hydrogen) atoms. The molecule has 1 aromatic carbocycles. The molecule has 0 saturated heterocycles. The molecule has 0 aromatic heterocycles. The molecule has 0 heterocycles. The molecule has 0 spiro atoms. The summed E-state index contributed by atoms with van der Waals surface area (Å²) in [5, 5.41) is 3.70. The number of para-hydroxylation sites is 1. The summed E-state index contributed by atoms with van der Waals surface area (Å²) in [7, 11) is 1.78. The molecule has 1 N–H and O–H groups in total. The summed E-state index contributed by atoms with van der Waals surface area (Å²) in [5.74, 6) is 1.75. The van der Waals surface area contributed by atoms with Crippen molar-refractivity contribution in [1.29, 1.82) is 0 Å². The standard InChI is InChI=1S/C17H27NO2/c1-12(2)20-17-8-6-5-7-15(17)13(3)18-16(11-19-4)14-9-10-14/h5-8,12-14,16,18H,9-11H2,1-4H3. The average Bonchev–Trinajstić information content (AvgIpc) is 3.22. The normalized spacial score (nSPS) is 18.1. The van der Waals surface area contributed by atoms with Gasteiger partial charge in [0.1, 0.15) is 5.75 Å². The molecule has 0 aliphatic heterocycles. The third-order valence-corrected chi connectivity index (χ3v) is 3.75. The first-order chi connectivity index (χ1) is 9.61. The van der Waals surface area contributed by atoms with E-state index in [1.807, 2.05) is 6.07 Å². The summed E-state index contributed by atoms with van der Waals surface area (Å²) in [6.45, 7) is 7.11. The van der Waals surface area contributed by atoms with Gasteiger partial charge in [-0.2, -0.15) is 0 Å². The van der Waals surface area contributed by atoms with Crippen molar-refractivity contribution in [3.63, 3.8) is 0 Å². The predicted molar refractivity (Wildman–Crippen MR) is 82.1 cm³/mol. The predicted octanol–water partition coefficient (Wildman–Crippen LogP) is 3.55. The van der Waals surface area contributed by atoms with Gasteiger partial charge in [0.05, 0.1) is 12.7 Å². The maximum Gasteiger partial charge on any atom is 0.124 e. The summed E-state index contributed by atoms with van der Waals surface area (Å²) in [5.41, 5.74) is 1.22. The van der Waals surface area contributed by atoms with Crippen LogP contribution >= 0.6 is 0 Å². The Hall–Kier alpha value is -1.06. The van der Waals surface area contributed by atoms with Crippen LogP contribution in [-0.4, -0.2) is 25.9 Å². The smallest absolute Gasteiger partial charge is 0.124 e. The number of methoxy groups -OCH3 is 1. The minimum Gasteiger partial charge on any atom is -0.491 e. The van der Waals surface area contributed by atoms with Crippen LogP contribution in [0.15, 0.2) is 24.3 Å². The van der Waals surface area contributed by atoms with Gasteiger partial charge in [0.25, 0.3) is 0 Å². The van der Waals surface area contributed by atoms with Crippen molar-refractivity contribution in [3.8, 4) is 5.75 Å². The van der Waals surface area contributed by atoms with Crippen molar-refractivity contribution < 1.29 is 9.47 Å². The van der Waals surface area contributed by atoms with Gasteiger partial charge < -0.3 is 14.8 Å². The largest absolute Gasteiger partial charge is 0.491 e. The first-order valence-corrected chi connectivity index (χ1v) is 7.62. The number of hydrogen-bond donors (Lipinski definition) is 1. The second-order valence-electron chi connectivity index (χ2n) is 5.99. The van der Waals surface area contributed by atoms with Crippen molar-refractivity contribution in [2.75, 3.05) is 13.7 Å².